The standard InChI is InChI=1S/C14H17BrN4O/c1-2-3-8-16-14(20)19-13-17-9-12(18-13)10-4-6-11(15)7-5-10/h4-7,9H,2-3,8H2,1H3,(H3,16,17,18,19,20). The Labute approximate surface area is 126 Å². The molecule has 6 heteroatoms. The van der Waals surface area contributed by atoms with Crippen LogP contribution in [-0.2, 0) is 0 Å². The number of carbonyl (C=O) groups is 1. The first kappa shape index (κ1) is 14.6. The fourth-order valence-electron chi connectivity index (χ4n) is 1.69. The second-order valence-corrected chi connectivity index (χ2v) is 5.30. The lowest BCUT2D eigenvalue weighted by Crippen LogP contribution is -2.29. The van der Waals surface area contributed by atoms with Gasteiger partial charge in [-0.3, -0.25) is 5.32 Å². The number of aromatic nitrogens is 2. The fourth-order valence-corrected chi connectivity index (χ4v) is 1.96. The van der Waals surface area contributed by atoms with Gasteiger partial charge in [-0.1, -0.05) is 41.4 Å². The van der Waals surface area contributed by atoms with Crippen LogP contribution in [0.15, 0.2) is 34.9 Å². The zero-order valence-corrected chi connectivity index (χ0v) is 12.8. The number of nitrogens with zero attached hydrogens (tertiary/aromatic N) is 1. The van der Waals surface area contributed by atoms with Crippen molar-refractivity contribution in [3.8, 4) is 11.3 Å². The molecule has 0 spiro atoms. The Hall–Kier alpha value is -1.82. The number of urea groups is 1. The number of rotatable bonds is 5. The lowest BCUT2D eigenvalue weighted by atomic mass is 10.2. The van der Waals surface area contributed by atoms with Crippen molar-refractivity contribution in [2.45, 2.75) is 19.8 Å². The van der Waals surface area contributed by atoms with Crippen LogP contribution >= 0.6 is 15.9 Å². The van der Waals surface area contributed by atoms with Crippen LogP contribution in [0.5, 0.6) is 0 Å². The van der Waals surface area contributed by atoms with Crippen LogP contribution in [0.25, 0.3) is 11.3 Å². The molecule has 0 aliphatic carbocycles. The molecule has 0 saturated heterocycles. The third-order valence-corrected chi connectivity index (χ3v) is 3.31. The molecule has 0 radical (unpaired) electrons. The highest BCUT2D eigenvalue weighted by Crippen LogP contribution is 2.20. The summed E-state index contributed by atoms with van der Waals surface area (Å²) < 4.78 is 1.02. The van der Waals surface area contributed by atoms with Gasteiger partial charge < -0.3 is 10.3 Å². The van der Waals surface area contributed by atoms with Gasteiger partial charge in [-0.25, -0.2) is 9.78 Å². The van der Waals surface area contributed by atoms with Crippen LogP contribution in [0, 0.1) is 0 Å². The Bertz CT molecular complexity index is 565. The van der Waals surface area contributed by atoms with Gasteiger partial charge in [0.15, 0.2) is 0 Å². The SMILES string of the molecule is CCCCNC(=O)Nc1ncc(-c2ccc(Br)cc2)[nH]1. The number of anilines is 1. The molecular weight excluding hydrogens is 320 g/mol. The molecule has 20 heavy (non-hydrogen) atoms. The molecule has 0 atom stereocenters. The zero-order valence-electron chi connectivity index (χ0n) is 11.2. The van der Waals surface area contributed by atoms with Gasteiger partial charge in [0.05, 0.1) is 11.9 Å². The fraction of sp³-hybridized carbons (Fsp3) is 0.286. The molecule has 1 heterocycles. The van der Waals surface area contributed by atoms with Crippen LogP contribution < -0.4 is 10.6 Å². The molecule has 0 aliphatic rings. The normalized spacial score (nSPS) is 10.3. The maximum atomic E-state index is 11.6. The summed E-state index contributed by atoms with van der Waals surface area (Å²) in [7, 11) is 0. The molecule has 2 amide bonds. The maximum Gasteiger partial charge on any atom is 0.321 e. The van der Waals surface area contributed by atoms with E-state index in [2.05, 4.69) is 43.5 Å². The van der Waals surface area contributed by atoms with E-state index in [1.54, 1.807) is 6.20 Å². The van der Waals surface area contributed by atoms with Crippen molar-refractivity contribution >= 4 is 27.9 Å². The molecule has 106 valence electrons. The molecular formula is C14H17BrN4O. The minimum Gasteiger partial charge on any atom is -0.338 e. The number of hydrogen-bond donors (Lipinski definition) is 3. The summed E-state index contributed by atoms with van der Waals surface area (Å²) in [5, 5.41) is 5.45. The van der Waals surface area contributed by atoms with Gasteiger partial charge in [0.1, 0.15) is 0 Å². The molecule has 5 nitrogen and oxygen atoms in total. The number of hydrogen-bond acceptors (Lipinski definition) is 2. The highest BCUT2D eigenvalue weighted by Gasteiger charge is 2.06. The van der Waals surface area contributed by atoms with Gasteiger partial charge in [-0.2, -0.15) is 0 Å². The number of nitrogens with one attached hydrogen (secondary N) is 3. The van der Waals surface area contributed by atoms with Crippen molar-refractivity contribution in [2.75, 3.05) is 11.9 Å². The van der Waals surface area contributed by atoms with Crippen molar-refractivity contribution in [3.63, 3.8) is 0 Å². The number of carbonyl (C=O) groups excluding carboxylic acids is 1. The van der Waals surface area contributed by atoms with E-state index < -0.39 is 0 Å². The number of H-pyrrole nitrogens is 1. The van der Waals surface area contributed by atoms with Crippen molar-refractivity contribution in [2.24, 2.45) is 0 Å². The Morgan fingerprint density at radius 1 is 1.35 bits per heavy atom. The van der Waals surface area contributed by atoms with Gasteiger partial charge in [-0.15, -0.1) is 0 Å². The molecule has 3 N–H and O–H groups in total. The lowest BCUT2D eigenvalue weighted by molar-refractivity contribution is 0.252. The van der Waals surface area contributed by atoms with Crippen molar-refractivity contribution in [1.29, 1.82) is 0 Å². The monoisotopic (exact) mass is 336 g/mol. The largest absolute Gasteiger partial charge is 0.338 e. The molecule has 2 aromatic rings. The molecule has 0 aliphatic heterocycles. The van der Waals surface area contributed by atoms with Crippen LogP contribution in [0.3, 0.4) is 0 Å². The van der Waals surface area contributed by atoms with Gasteiger partial charge in [0, 0.05) is 11.0 Å². The van der Waals surface area contributed by atoms with Crippen LogP contribution in [0.1, 0.15) is 19.8 Å². The lowest BCUT2D eigenvalue weighted by Gasteiger charge is -2.04. The van der Waals surface area contributed by atoms with E-state index >= 15 is 0 Å². The van der Waals surface area contributed by atoms with Crippen molar-refractivity contribution in [3.05, 3.63) is 34.9 Å². The Kier molecular flexibility index (Phi) is 5.17. The number of unbranched alkanes of at least 4 members (excludes halogenated alkanes) is 1. The molecule has 2 rings (SSSR count). The van der Waals surface area contributed by atoms with E-state index in [-0.39, 0.29) is 6.03 Å². The van der Waals surface area contributed by atoms with Crippen LogP contribution in [0.2, 0.25) is 0 Å². The molecule has 1 aromatic carbocycles. The first-order valence-corrected chi connectivity index (χ1v) is 7.34. The third-order valence-electron chi connectivity index (χ3n) is 2.78. The van der Waals surface area contributed by atoms with Gasteiger partial charge in [0.2, 0.25) is 5.95 Å². The number of halogens is 1. The molecule has 1 aromatic heterocycles. The second-order valence-electron chi connectivity index (χ2n) is 4.39. The third kappa shape index (κ3) is 4.09. The zero-order chi connectivity index (χ0) is 14.4. The number of amides is 2. The van der Waals surface area contributed by atoms with Gasteiger partial charge in [-0.05, 0) is 24.1 Å². The highest BCUT2D eigenvalue weighted by molar-refractivity contribution is 9.10. The van der Waals surface area contributed by atoms with E-state index in [9.17, 15) is 4.79 Å². The molecule has 0 saturated carbocycles. The minimum absolute atomic E-state index is 0.241. The summed E-state index contributed by atoms with van der Waals surface area (Å²) in [5.74, 6) is 0.442. The van der Waals surface area contributed by atoms with Crippen molar-refractivity contribution in [1.82, 2.24) is 15.3 Å². The van der Waals surface area contributed by atoms with Crippen LogP contribution in [0.4, 0.5) is 10.7 Å². The molecule has 0 fully saturated rings. The van der Waals surface area contributed by atoms with E-state index in [0.29, 0.717) is 12.5 Å². The predicted octanol–water partition coefficient (Wildman–Crippen LogP) is 3.76. The quantitative estimate of drug-likeness (QED) is 0.727. The summed E-state index contributed by atoms with van der Waals surface area (Å²) in [6.07, 6.45) is 3.72. The topological polar surface area (TPSA) is 69.8 Å². The summed E-state index contributed by atoms with van der Waals surface area (Å²) in [4.78, 5) is 18.8. The Balaban J connectivity index is 1.95. The average molecular weight is 337 g/mol. The summed E-state index contributed by atoms with van der Waals surface area (Å²) in [5.41, 5.74) is 1.88. The van der Waals surface area contributed by atoms with Gasteiger partial charge >= 0.3 is 6.03 Å². The molecule has 0 bridgehead atoms. The Morgan fingerprint density at radius 3 is 2.80 bits per heavy atom. The van der Waals surface area contributed by atoms with E-state index in [1.165, 1.54) is 0 Å². The van der Waals surface area contributed by atoms with E-state index in [1.807, 2.05) is 24.3 Å². The first-order valence-electron chi connectivity index (χ1n) is 6.55. The smallest absolute Gasteiger partial charge is 0.321 e. The number of aromatic amines is 1. The van der Waals surface area contributed by atoms with Crippen molar-refractivity contribution < 1.29 is 4.79 Å². The first-order chi connectivity index (χ1) is 9.69. The summed E-state index contributed by atoms with van der Waals surface area (Å²) >= 11 is 3.39. The van der Waals surface area contributed by atoms with Crippen LogP contribution in [-0.4, -0.2) is 22.5 Å². The van der Waals surface area contributed by atoms with Gasteiger partial charge in [0.25, 0.3) is 0 Å². The maximum absolute atomic E-state index is 11.6. The summed E-state index contributed by atoms with van der Waals surface area (Å²) in [6, 6.07) is 7.63. The second kappa shape index (κ2) is 7.09. The summed E-state index contributed by atoms with van der Waals surface area (Å²) in [6.45, 7) is 2.75. The highest BCUT2D eigenvalue weighted by atomic mass is 79.9. The van der Waals surface area contributed by atoms with E-state index in [0.717, 1.165) is 28.6 Å². The van der Waals surface area contributed by atoms with E-state index in [4.69, 9.17) is 0 Å². The Morgan fingerprint density at radius 2 is 2.10 bits per heavy atom. The predicted molar refractivity (Wildman–Crippen MR) is 83.7 cm³/mol. The number of imidazole rings is 1. The minimum atomic E-state index is -0.241. The average Bonchev–Trinajstić information content (AvgIpc) is 2.88. The molecule has 0 unspecified atom stereocenters. The number of benzene rings is 1.